The molecule has 4 rings (SSSR count). The van der Waals surface area contributed by atoms with E-state index in [2.05, 4.69) is 0 Å². The van der Waals surface area contributed by atoms with Gasteiger partial charge in [-0.1, -0.05) is 32.0 Å². The van der Waals surface area contributed by atoms with E-state index in [1.54, 1.807) is 43.4 Å². The number of nitrogens with zero attached hydrogens (tertiary/aromatic N) is 1. The Balaban J connectivity index is 1.78. The van der Waals surface area contributed by atoms with Crippen LogP contribution in [-0.4, -0.2) is 47.9 Å². The molecule has 1 N–H and O–H groups in total. The van der Waals surface area contributed by atoms with E-state index >= 15 is 0 Å². The van der Waals surface area contributed by atoms with Crippen LogP contribution in [0.3, 0.4) is 0 Å². The molecule has 2 amide bonds. The minimum Gasteiger partial charge on any atom is -0.497 e. The number of ketones is 1. The smallest absolute Gasteiger partial charge is 0.425 e. The number of ether oxygens (including phenoxy) is 1. The van der Waals surface area contributed by atoms with E-state index in [-0.39, 0.29) is 31.5 Å². The van der Waals surface area contributed by atoms with Crippen LogP contribution in [0.2, 0.25) is 0 Å². The van der Waals surface area contributed by atoms with Crippen molar-refractivity contribution >= 4 is 17.6 Å². The first-order valence-corrected chi connectivity index (χ1v) is 12.3. The van der Waals surface area contributed by atoms with Crippen LogP contribution in [0.1, 0.15) is 48.2 Å². The topological polar surface area (TPSA) is 75.7 Å². The van der Waals surface area contributed by atoms with Gasteiger partial charge in [0.25, 0.3) is 11.8 Å². The normalized spacial score (nSPS) is 21.0. The van der Waals surface area contributed by atoms with Crippen molar-refractivity contribution in [2.24, 2.45) is 5.41 Å². The number of carbonyl (C=O) groups excluding carboxylic acids is 3. The fourth-order valence-electron chi connectivity index (χ4n) is 5.17. The maximum atomic E-state index is 14.9. The lowest BCUT2D eigenvalue weighted by Gasteiger charge is -2.35. The van der Waals surface area contributed by atoms with Gasteiger partial charge < -0.3 is 15.0 Å². The fraction of sp³-hybridized carbons (Fsp3) is 0.393. The molecule has 1 unspecified atom stereocenters. The first-order valence-electron chi connectivity index (χ1n) is 12.3. The molecule has 12 heteroatoms. The van der Waals surface area contributed by atoms with Crippen LogP contribution < -0.4 is 10.1 Å². The number of carbonyl (C=O) groups is 3. The SMILES string of the molecule is COc1ccc(CCN2C(=O)C(NC(=O)c3cccc(C(F)(F)F)c3)(C(F)(F)F)C3=C2CC(C)(C)CC3=O)cc1. The Morgan fingerprint density at radius 1 is 1.00 bits per heavy atom. The van der Waals surface area contributed by atoms with Crippen molar-refractivity contribution in [3.05, 3.63) is 76.5 Å². The molecule has 1 heterocycles. The zero-order valence-corrected chi connectivity index (χ0v) is 21.8. The summed E-state index contributed by atoms with van der Waals surface area (Å²) in [6.07, 6.45) is -10.6. The van der Waals surface area contributed by atoms with E-state index < -0.39 is 57.6 Å². The minimum atomic E-state index is -5.48. The largest absolute Gasteiger partial charge is 0.497 e. The van der Waals surface area contributed by atoms with Crippen molar-refractivity contribution in [2.45, 2.75) is 51.0 Å². The molecular weight excluding hydrogens is 542 g/mol. The summed E-state index contributed by atoms with van der Waals surface area (Å²) in [6.45, 7) is 3.12. The standard InChI is InChI=1S/C28H26F6N2O4/c1-25(2)14-20-22(21(37)15-25)26(28(32,33)34,35-23(38)17-5-4-6-18(13-17)27(29,30)31)24(39)36(20)12-11-16-7-9-19(40-3)10-8-16/h4-10,13H,11-12,14-15H2,1-3H3,(H,35,38). The predicted octanol–water partition coefficient (Wildman–Crippen LogP) is 5.47. The van der Waals surface area contributed by atoms with Gasteiger partial charge in [-0.25, -0.2) is 0 Å². The van der Waals surface area contributed by atoms with Gasteiger partial charge in [0.05, 0.1) is 18.2 Å². The van der Waals surface area contributed by atoms with Crippen molar-refractivity contribution in [2.75, 3.05) is 13.7 Å². The van der Waals surface area contributed by atoms with Gasteiger partial charge in [0, 0.05) is 24.2 Å². The third-order valence-electron chi connectivity index (χ3n) is 7.08. The van der Waals surface area contributed by atoms with Gasteiger partial charge in [-0.2, -0.15) is 26.3 Å². The third-order valence-corrected chi connectivity index (χ3v) is 7.08. The lowest BCUT2D eigenvalue weighted by Crippen LogP contribution is -2.66. The molecule has 1 aliphatic carbocycles. The van der Waals surface area contributed by atoms with Gasteiger partial charge in [-0.15, -0.1) is 0 Å². The zero-order chi connectivity index (χ0) is 29.7. The molecule has 0 spiro atoms. The van der Waals surface area contributed by atoms with E-state index in [4.69, 9.17) is 4.74 Å². The van der Waals surface area contributed by atoms with Crippen LogP contribution in [0.5, 0.6) is 5.75 Å². The number of hydrogen-bond donors (Lipinski definition) is 1. The highest BCUT2D eigenvalue weighted by atomic mass is 19.4. The summed E-state index contributed by atoms with van der Waals surface area (Å²) in [5.41, 5.74) is -6.89. The number of rotatable bonds is 6. The molecule has 2 aromatic carbocycles. The van der Waals surface area contributed by atoms with Gasteiger partial charge in [0.15, 0.2) is 5.78 Å². The monoisotopic (exact) mass is 568 g/mol. The molecule has 214 valence electrons. The summed E-state index contributed by atoms with van der Waals surface area (Å²) >= 11 is 0. The van der Waals surface area contributed by atoms with Gasteiger partial charge in [-0.3, -0.25) is 14.4 Å². The van der Waals surface area contributed by atoms with Crippen molar-refractivity contribution in [3.63, 3.8) is 0 Å². The maximum Gasteiger partial charge on any atom is 0.425 e. The van der Waals surface area contributed by atoms with E-state index in [0.717, 1.165) is 17.0 Å². The fourth-order valence-corrected chi connectivity index (χ4v) is 5.17. The van der Waals surface area contributed by atoms with Crippen molar-refractivity contribution in [1.82, 2.24) is 10.2 Å². The number of benzene rings is 2. The average Bonchev–Trinajstić information content (AvgIpc) is 3.09. The van der Waals surface area contributed by atoms with Gasteiger partial charge in [-0.05, 0) is 54.2 Å². The van der Waals surface area contributed by atoms with E-state index in [9.17, 15) is 40.7 Å². The van der Waals surface area contributed by atoms with Gasteiger partial charge >= 0.3 is 12.4 Å². The highest BCUT2D eigenvalue weighted by molar-refractivity contribution is 6.14. The van der Waals surface area contributed by atoms with Crippen LogP contribution in [0.4, 0.5) is 26.3 Å². The molecule has 40 heavy (non-hydrogen) atoms. The highest BCUT2D eigenvalue weighted by Crippen LogP contribution is 2.51. The summed E-state index contributed by atoms with van der Waals surface area (Å²) < 4.78 is 89.5. The first kappa shape index (κ1) is 29.2. The lowest BCUT2D eigenvalue weighted by molar-refractivity contribution is -0.190. The minimum absolute atomic E-state index is 0.0559. The summed E-state index contributed by atoms with van der Waals surface area (Å²) in [4.78, 5) is 40.9. The van der Waals surface area contributed by atoms with E-state index in [0.29, 0.717) is 23.4 Å². The number of hydrogen-bond acceptors (Lipinski definition) is 4. The molecule has 6 nitrogen and oxygen atoms in total. The second-order valence-electron chi connectivity index (χ2n) is 10.6. The van der Waals surface area contributed by atoms with Crippen LogP contribution in [0.15, 0.2) is 59.8 Å². The molecule has 0 radical (unpaired) electrons. The Hall–Kier alpha value is -3.83. The zero-order valence-electron chi connectivity index (χ0n) is 21.8. The second-order valence-corrected chi connectivity index (χ2v) is 10.6. The number of methoxy groups -OCH3 is 1. The van der Waals surface area contributed by atoms with Crippen LogP contribution in [0, 0.1) is 5.41 Å². The molecule has 0 saturated heterocycles. The summed E-state index contributed by atoms with van der Waals surface area (Å²) in [5.74, 6) is -3.56. The molecule has 0 saturated carbocycles. The third kappa shape index (κ3) is 5.18. The number of halogens is 6. The average molecular weight is 569 g/mol. The number of allylic oxidation sites excluding steroid dienone is 1. The quantitative estimate of drug-likeness (QED) is 0.469. The molecule has 2 aliphatic rings. The molecular formula is C28H26F6N2O4. The van der Waals surface area contributed by atoms with Crippen molar-refractivity contribution in [1.29, 1.82) is 0 Å². The predicted molar refractivity (Wildman–Crippen MR) is 131 cm³/mol. The van der Waals surface area contributed by atoms with Crippen molar-refractivity contribution in [3.8, 4) is 5.75 Å². The van der Waals surface area contributed by atoms with Crippen LogP contribution in [0.25, 0.3) is 0 Å². The number of amides is 2. The Labute approximate surface area is 226 Å². The first-order chi connectivity index (χ1) is 18.5. The van der Waals surface area contributed by atoms with Crippen molar-refractivity contribution < 1.29 is 45.5 Å². The Morgan fingerprint density at radius 2 is 1.65 bits per heavy atom. The summed E-state index contributed by atoms with van der Waals surface area (Å²) in [7, 11) is 1.47. The van der Waals surface area contributed by atoms with Gasteiger partial charge in [0.2, 0.25) is 5.54 Å². The molecule has 2 aromatic rings. The molecule has 1 aliphatic heterocycles. The highest BCUT2D eigenvalue weighted by Gasteiger charge is 2.71. The number of nitrogens with one attached hydrogen (secondary N) is 1. The van der Waals surface area contributed by atoms with E-state index in [1.165, 1.54) is 7.11 Å². The molecule has 1 atom stereocenters. The lowest BCUT2D eigenvalue weighted by atomic mass is 9.72. The summed E-state index contributed by atoms with van der Waals surface area (Å²) in [5, 5.41) is 1.66. The van der Waals surface area contributed by atoms with Crippen LogP contribution in [-0.2, 0) is 22.2 Å². The van der Waals surface area contributed by atoms with Gasteiger partial charge in [0.1, 0.15) is 5.75 Å². The maximum absolute atomic E-state index is 14.9. The Bertz CT molecular complexity index is 1380. The Kier molecular flexibility index (Phi) is 7.27. The molecule has 0 fully saturated rings. The summed E-state index contributed by atoms with van der Waals surface area (Å²) in [6, 6.07) is 9.47. The number of alkyl halides is 6. The van der Waals surface area contributed by atoms with E-state index in [1.807, 2.05) is 0 Å². The Morgan fingerprint density at radius 3 is 2.23 bits per heavy atom. The second kappa shape index (κ2) is 9.97. The molecule has 0 bridgehead atoms. The number of Topliss-reactive ketones (excluding diaryl/α,β-unsaturated/α-hetero) is 1. The molecule has 0 aromatic heterocycles. The van der Waals surface area contributed by atoms with Crippen LogP contribution >= 0.6 is 0 Å².